The molecule has 0 N–H and O–H groups in total. The molecule has 0 unspecified atom stereocenters. The summed E-state index contributed by atoms with van der Waals surface area (Å²) >= 11 is 0. The summed E-state index contributed by atoms with van der Waals surface area (Å²) in [5, 5.41) is 8.47. The molecular formula is C56H41N3. The number of hydrogen-bond acceptors (Lipinski definition) is 2. The van der Waals surface area contributed by atoms with Gasteiger partial charge in [0.1, 0.15) is 0 Å². The van der Waals surface area contributed by atoms with E-state index in [2.05, 4.69) is 168 Å². The quantitative estimate of drug-likeness (QED) is 0.168. The van der Waals surface area contributed by atoms with E-state index in [9.17, 15) is 0 Å². The van der Waals surface area contributed by atoms with Crippen LogP contribution >= 0.6 is 0 Å². The van der Waals surface area contributed by atoms with E-state index in [0.29, 0.717) is 11.8 Å². The van der Waals surface area contributed by atoms with Crippen LogP contribution in [-0.2, 0) is 5.41 Å². The Labute approximate surface area is 343 Å². The maximum atomic E-state index is 5.79. The number of fused-ring (bicyclic) bond motifs is 11. The van der Waals surface area contributed by atoms with E-state index in [1.807, 2.05) is 0 Å². The zero-order chi connectivity index (χ0) is 38.4. The van der Waals surface area contributed by atoms with Crippen LogP contribution in [0.1, 0.15) is 43.2 Å². The lowest BCUT2D eigenvalue weighted by molar-refractivity contribution is -0.0394. The molecule has 3 nitrogen and oxygen atoms in total. The summed E-state index contributed by atoms with van der Waals surface area (Å²) in [5.41, 5.74) is 13.8. The van der Waals surface area contributed by atoms with Crippen LogP contribution < -0.4 is 0 Å². The van der Waals surface area contributed by atoms with E-state index in [0.717, 1.165) is 45.3 Å². The van der Waals surface area contributed by atoms with Crippen LogP contribution in [0.25, 0.3) is 93.7 Å². The Balaban J connectivity index is 1.15. The molecule has 1 spiro atoms. The maximum absolute atomic E-state index is 5.79. The van der Waals surface area contributed by atoms with E-state index in [1.165, 1.54) is 92.3 Å². The Morgan fingerprint density at radius 1 is 0.458 bits per heavy atom. The van der Waals surface area contributed by atoms with Crippen LogP contribution in [0.15, 0.2) is 164 Å². The lowest BCUT2D eigenvalue weighted by Gasteiger charge is -2.61. The van der Waals surface area contributed by atoms with E-state index in [-0.39, 0.29) is 5.41 Å². The fraction of sp³-hybridized carbons (Fsp3) is 0.179. The second-order valence-electron chi connectivity index (χ2n) is 18.2. The van der Waals surface area contributed by atoms with Crippen molar-refractivity contribution in [2.45, 2.75) is 37.5 Å². The minimum absolute atomic E-state index is 0.0270. The van der Waals surface area contributed by atoms with Gasteiger partial charge in [0, 0.05) is 32.5 Å². The Kier molecular flexibility index (Phi) is 6.46. The molecule has 3 heteroatoms. The van der Waals surface area contributed by atoms with Gasteiger partial charge in [-0.2, -0.15) is 0 Å². The SMILES string of the molecule is c1ccc(-c2cccc(-c3nc(-n4c5cc6ccccc6cc5c5ccc6c(c54)C4(c5ccccc5-6)C5CC6CC(C5)CC4C6)nc4c3ccc3ccccc34)c2)cc1. The van der Waals surface area contributed by atoms with Gasteiger partial charge in [0.15, 0.2) is 0 Å². The van der Waals surface area contributed by atoms with Crippen molar-refractivity contribution in [1.29, 1.82) is 0 Å². The first kappa shape index (κ1) is 32.4. The van der Waals surface area contributed by atoms with Crippen molar-refractivity contribution in [3.8, 4) is 39.5 Å². The average molecular weight is 756 g/mol. The van der Waals surface area contributed by atoms with Crippen LogP contribution in [0.2, 0.25) is 0 Å². The fourth-order valence-electron chi connectivity index (χ4n) is 13.3. The van der Waals surface area contributed by atoms with Gasteiger partial charge in [-0.1, -0.05) is 140 Å². The molecule has 0 atom stereocenters. The highest BCUT2D eigenvalue weighted by atomic mass is 15.2. The lowest BCUT2D eigenvalue weighted by atomic mass is 9.43. The molecule has 4 bridgehead atoms. The Morgan fingerprint density at radius 2 is 1.14 bits per heavy atom. The molecule has 15 rings (SSSR count). The lowest BCUT2D eigenvalue weighted by Crippen LogP contribution is -2.55. The number of rotatable bonds is 3. The van der Waals surface area contributed by atoms with Crippen molar-refractivity contribution in [3.05, 3.63) is 175 Å². The summed E-state index contributed by atoms with van der Waals surface area (Å²) in [7, 11) is 0. The Hall–Kier alpha value is -6.58. The van der Waals surface area contributed by atoms with Gasteiger partial charge < -0.3 is 0 Å². The topological polar surface area (TPSA) is 30.7 Å². The normalized spacial score (nSPS) is 22.6. The first-order valence-electron chi connectivity index (χ1n) is 21.7. The molecule has 0 amide bonds. The number of benzene rings is 8. The monoisotopic (exact) mass is 755 g/mol. The minimum Gasteiger partial charge on any atom is -0.278 e. The summed E-state index contributed by atoms with van der Waals surface area (Å²) < 4.78 is 2.51. The van der Waals surface area contributed by atoms with Crippen LogP contribution in [0.4, 0.5) is 0 Å². The predicted octanol–water partition coefficient (Wildman–Crippen LogP) is 14.1. The summed E-state index contributed by atoms with van der Waals surface area (Å²) in [5.74, 6) is 3.74. The van der Waals surface area contributed by atoms with Crippen molar-refractivity contribution in [1.82, 2.24) is 14.5 Å². The predicted molar refractivity (Wildman–Crippen MR) is 243 cm³/mol. The van der Waals surface area contributed by atoms with E-state index in [4.69, 9.17) is 9.97 Å². The van der Waals surface area contributed by atoms with Gasteiger partial charge in [-0.05, 0) is 130 Å². The molecule has 59 heavy (non-hydrogen) atoms. The number of aromatic nitrogens is 3. The van der Waals surface area contributed by atoms with Crippen molar-refractivity contribution in [3.63, 3.8) is 0 Å². The van der Waals surface area contributed by atoms with Crippen LogP contribution in [0.3, 0.4) is 0 Å². The van der Waals surface area contributed by atoms with Gasteiger partial charge >= 0.3 is 0 Å². The van der Waals surface area contributed by atoms with Gasteiger partial charge in [0.2, 0.25) is 5.95 Å². The largest absolute Gasteiger partial charge is 0.278 e. The molecule has 5 aliphatic rings. The number of nitrogens with zero attached hydrogens (tertiary/aromatic N) is 3. The number of hydrogen-bond donors (Lipinski definition) is 0. The maximum Gasteiger partial charge on any atom is 0.235 e. The Bertz CT molecular complexity index is 3380. The highest BCUT2D eigenvalue weighted by Crippen LogP contribution is 2.70. The highest BCUT2D eigenvalue weighted by Gasteiger charge is 2.62. The van der Waals surface area contributed by atoms with Gasteiger partial charge in [0.25, 0.3) is 0 Å². The summed E-state index contributed by atoms with van der Waals surface area (Å²) in [6.45, 7) is 0. The summed E-state index contributed by atoms with van der Waals surface area (Å²) in [6.07, 6.45) is 6.77. The van der Waals surface area contributed by atoms with Crippen molar-refractivity contribution in [2.75, 3.05) is 0 Å². The second-order valence-corrected chi connectivity index (χ2v) is 18.2. The minimum atomic E-state index is -0.0270. The van der Waals surface area contributed by atoms with Gasteiger partial charge in [-0.15, -0.1) is 0 Å². The molecule has 5 aliphatic carbocycles. The van der Waals surface area contributed by atoms with E-state index in [1.54, 1.807) is 11.1 Å². The van der Waals surface area contributed by atoms with Gasteiger partial charge in [-0.3, -0.25) is 4.57 Å². The smallest absolute Gasteiger partial charge is 0.235 e. The second kappa shape index (κ2) is 11.8. The average Bonchev–Trinajstić information content (AvgIpc) is 3.77. The molecule has 10 aromatic rings. The van der Waals surface area contributed by atoms with Crippen LogP contribution in [0.5, 0.6) is 0 Å². The first-order valence-corrected chi connectivity index (χ1v) is 21.7. The third kappa shape index (κ3) is 4.32. The molecule has 2 aromatic heterocycles. The van der Waals surface area contributed by atoms with E-state index >= 15 is 0 Å². The highest BCUT2D eigenvalue weighted by molar-refractivity contribution is 6.17. The Morgan fingerprint density at radius 3 is 1.97 bits per heavy atom. The van der Waals surface area contributed by atoms with Crippen molar-refractivity contribution in [2.24, 2.45) is 23.7 Å². The summed E-state index contributed by atoms with van der Waals surface area (Å²) in [6, 6.07) is 60.9. The molecule has 2 heterocycles. The molecule has 4 saturated carbocycles. The zero-order valence-corrected chi connectivity index (χ0v) is 32.8. The standard InChI is InChI=1S/C56H41N3/c1-2-11-35(12-3-1)37-16-10-17-40(30-37)52-47-22-21-36-13-6-7-18-43(36)53(47)58-55(57-52)59-50-32-39-15-5-4-14-38(39)31-48(50)46-24-23-45-44-19-8-9-20-49(44)56(51(45)54(46)59)41-26-33-25-34(28-41)29-42(56)27-33/h1-24,30-34,41-42H,25-29H2. The van der Waals surface area contributed by atoms with Gasteiger partial charge in [-0.25, -0.2) is 9.97 Å². The molecule has 0 radical (unpaired) electrons. The molecule has 280 valence electrons. The molecule has 0 aliphatic heterocycles. The zero-order valence-electron chi connectivity index (χ0n) is 32.8. The van der Waals surface area contributed by atoms with Crippen molar-refractivity contribution >= 4 is 54.3 Å². The third-order valence-electron chi connectivity index (χ3n) is 15.3. The molecular weight excluding hydrogens is 715 g/mol. The van der Waals surface area contributed by atoms with Crippen LogP contribution in [-0.4, -0.2) is 14.5 Å². The van der Waals surface area contributed by atoms with E-state index < -0.39 is 0 Å². The third-order valence-corrected chi connectivity index (χ3v) is 15.3. The van der Waals surface area contributed by atoms with Crippen molar-refractivity contribution < 1.29 is 0 Å². The fourth-order valence-corrected chi connectivity index (χ4v) is 13.3. The van der Waals surface area contributed by atoms with Gasteiger partial charge in [0.05, 0.1) is 22.2 Å². The summed E-state index contributed by atoms with van der Waals surface area (Å²) in [4.78, 5) is 11.5. The molecule has 8 aromatic carbocycles. The van der Waals surface area contributed by atoms with Crippen LogP contribution in [0, 0.1) is 23.7 Å². The molecule has 0 saturated heterocycles. The molecule has 4 fully saturated rings. The first-order chi connectivity index (χ1) is 29.2.